The summed E-state index contributed by atoms with van der Waals surface area (Å²) in [6.45, 7) is 0. The summed E-state index contributed by atoms with van der Waals surface area (Å²) in [6, 6.07) is 11.0. The third-order valence-electron chi connectivity index (χ3n) is 2.70. The number of benzene rings is 2. The molecule has 0 spiro atoms. The number of rotatable bonds is 4. The molecule has 0 aliphatic rings. The summed E-state index contributed by atoms with van der Waals surface area (Å²) in [5, 5.41) is 12.1. The fourth-order valence-electron chi connectivity index (χ4n) is 1.75. The van der Waals surface area contributed by atoms with Crippen molar-refractivity contribution in [3.05, 3.63) is 53.6 Å². The van der Waals surface area contributed by atoms with Gasteiger partial charge in [-0.3, -0.25) is 4.79 Å². The number of nitrogens with two attached hydrogens (primary N) is 2. The Morgan fingerprint density at radius 3 is 2.50 bits per heavy atom. The van der Waals surface area contributed by atoms with Gasteiger partial charge in [-0.15, -0.1) is 0 Å². The van der Waals surface area contributed by atoms with Gasteiger partial charge in [0, 0.05) is 16.9 Å². The van der Waals surface area contributed by atoms with Crippen molar-refractivity contribution in [1.29, 1.82) is 0 Å². The van der Waals surface area contributed by atoms with E-state index in [1.165, 1.54) is 6.07 Å². The number of carbonyl (C=O) groups excluding carboxylic acids is 1. The summed E-state index contributed by atoms with van der Waals surface area (Å²) in [6.07, 6.45) is 0. The number of carboxylic acids is 1. The highest BCUT2D eigenvalue weighted by molar-refractivity contribution is 5.97. The van der Waals surface area contributed by atoms with Gasteiger partial charge in [0.15, 0.2) is 0 Å². The van der Waals surface area contributed by atoms with Gasteiger partial charge >= 0.3 is 5.97 Å². The number of primary amides is 1. The average Bonchev–Trinajstić information content (AvgIpc) is 2.41. The summed E-state index contributed by atoms with van der Waals surface area (Å²) in [7, 11) is 0. The molecule has 2 aromatic carbocycles. The number of hydrogen-bond donors (Lipinski definition) is 4. The molecule has 0 unspecified atom stereocenters. The first-order chi connectivity index (χ1) is 9.47. The molecule has 0 heterocycles. The van der Waals surface area contributed by atoms with E-state index < -0.39 is 11.9 Å². The summed E-state index contributed by atoms with van der Waals surface area (Å²) in [5.74, 6) is -1.64. The van der Waals surface area contributed by atoms with E-state index in [2.05, 4.69) is 5.32 Å². The van der Waals surface area contributed by atoms with Crippen LogP contribution in [0.2, 0.25) is 0 Å². The standard InChI is InChI=1S/C14H13N3O3/c15-9-4-5-12(11(7-9)14(19)20)17-10-3-1-2-8(6-10)13(16)18/h1-7,17H,15H2,(H2,16,18)(H,19,20). The Kier molecular flexibility index (Phi) is 3.56. The lowest BCUT2D eigenvalue weighted by atomic mass is 10.1. The number of nitrogens with one attached hydrogen (secondary N) is 1. The molecule has 0 saturated carbocycles. The van der Waals surface area contributed by atoms with Crippen LogP contribution in [-0.4, -0.2) is 17.0 Å². The second kappa shape index (κ2) is 5.31. The lowest BCUT2D eigenvalue weighted by Gasteiger charge is -2.11. The molecule has 0 fully saturated rings. The second-order valence-corrected chi connectivity index (χ2v) is 4.18. The number of aromatic carboxylic acids is 1. The van der Waals surface area contributed by atoms with Crippen LogP contribution in [0, 0.1) is 0 Å². The Morgan fingerprint density at radius 1 is 1.10 bits per heavy atom. The lowest BCUT2D eigenvalue weighted by Crippen LogP contribution is -2.11. The molecule has 0 atom stereocenters. The number of hydrogen-bond acceptors (Lipinski definition) is 4. The SMILES string of the molecule is NC(=O)c1cccc(Nc2ccc(N)cc2C(=O)O)c1. The number of nitrogen functional groups attached to an aromatic ring is 1. The maximum Gasteiger partial charge on any atom is 0.337 e. The first kappa shape index (κ1) is 13.4. The maximum absolute atomic E-state index is 11.2. The van der Waals surface area contributed by atoms with Gasteiger partial charge in [0.2, 0.25) is 5.91 Å². The molecular formula is C14H13N3O3. The third kappa shape index (κ3) is 2.86. The van der Waals surface area contributed by atoms with Crippen LogP contribution >= 0.6 is 0 Å². The van der Waals surface area contributed by atoms with Crippen LogP contribution in [0.3, 0.4) is 0 Å². The predicted molar refractivity (Wildman–Crippen MR) is 76.1 cm³/mol. The number of anilines is 3. The molecule has 6 nitrogen and oxygen atoms in total. The Balaban J connectivity index is 2.37. The largest absolute Gasteiger partial charge is 0.478 e. The first-order valence-corrected chi connectivity index (χ1v) is 5.77. The number of amides is 1. The van der Waals surface area contributed by atoms with Crippen molar-refractivity contribution in [2.24, 2.45) is 5.73 Å². The molecule has 0 saturated heterocycles. The van der Waals surface area contributed by atoms with Gasteiger partial charge in [-0.2, -0.15) is 0 Å². The van der Waals surface area contributed by atoms with Crippen LogP contribution in [0.1, 0.15) is 20.7 Å². The van der Waals surface area contributed by atoms with Crippen molar-refractivity contribution in [1.82, 2.24) is 0 Å². The van der Waals surface area contributed by atoms with Crippen LogP contribution in [0.25, 0.3) is 0 Å². The quantitative estimate of drug-likeness (QED) is 0.632. The molecular weight excluding hydrogens is 258 g/mol. The third-order valence-corrected chi connectivity index (χ3v) is 2.70. The van der Waals surface area contributed by atoms with Crippen LogP contribution in [0.4, 0.5) is 17.1 Å². The van der Waals surface area contributed by atoms with Crippen LogP contribution in [-0.2, 0) is 0 Å². The maximum atomic E-state index is 11.2. The fourth-order valence-corrected chi connectivity index (χ4v) is 1.75. The van der Waals surface area contributed by atoms with Gasteiger partial charge in [0.05, 0.1) is 11.3 Å². The van der Waals surface area contributed by atoms with Gasteiger partial charge in [-0.05, 0) is 36.4 Å². The zero-order chi connectivity index (χ0) is 14.7. The van der Waals surface area contributed by atoms with E-state index in [0.29, 0.717) is 22.6 Å². The smallest absolute Gasteiger partial charge is 0.337 e. The molecule has 0 aromatic heterocycles. The summed E-state index contributed by atoms with van der Waals surface area (Å²) in [4.78, 5) is 22.3. The molecule has 2 rings (SSSR count). The Bertz CT molecular complexity index is 683. The van der Waals surface area contributed by atoms with Crippen molar-refractivity contribution in [3.63, 3.8) is 0 Å². The molecule has 102 valence electrons. The van der Waals surface area contributed by atoms with E-state index in [9.17, 15) is 9.59 Å². The van der Waals surface area contributed by atoms with Crippen molar-refractivity contribution in [2.75, 3.05) is 11.1 Å². The summed E-state index contributed by atoms with van der Waals surface area (Å²) >= 11 is 0. The van der Waals surface area contributed by atoms with E-state index in [-0.39, 0.29) is 5.56 Å². The first-order valence-electron chi connectivity index (χ1n) is 5.77. The van der Waals surface area contributed by atoms with Gasteiger partial charge in [-0.25, -0.2) is 4.79 Å². The zero-order valence-corrected chi connectivity index (χ0v) is 10.5. The van der Waals surface area contributed by atoms with Crippen molar-refractivity contribution >= 4 is 28.9 Å². The Hall–Kier alpha value is -3.02. The normalized spacial score (nSPS) is 10.0. The van der Waals surface area contributed by atoms with Crippen LogP contribution < -0.4 is 16.8 Å². The second-order valence-electron chi connectivity index (χ2n) is 4.18. The highest BCUT2D eigenvalue weighted by Crippen LogP contribution is 2.23. The van der Waals surface area contributed by atoms with Gasteiger partial charge in [0.1, 0.15) is 0 Å². The number of carboxylic acid groups (broad SMARTS) is 1. The molecule has 0 bridgehead atoms. The molecule has 6 N–H and O–H groups in total. The minimum Gasteiger partial charge on any atom is -0.478 e. The van der Waals surface area contributed by atoms with Crippen molar-refractivity contribution in [3.8, 4) is 0 Å². The van der Waals surface area contributed by atoms with Crippen LogP contribution in [0.5, 0.6) is 0 Å². The lowest BCUT2D eigenvalue weighted by molar-refractivity contribution is 0.0697. The monoisotopic (exact) mass is 271 g/mol. The Morgan fingerprint density at radius 2 is 1.85 bits per heavy atom. The molecule has 0 aliphatic carbocycles. The molecule has 1 amide bonds. The van der Waals surface area contributed by atoms with Crippen LogP contribution in [0.15, 0.2) is 42.5 Å². The highest BCUT2D eigenvalue weighted by atomic mass is 16.4. The van der Waals surface area contributed by atoms with E-state index in [1.54, 1.807) is 36.4 Å². The van der Waals surface area contributed by atoms with E-state index in [4.69, 9.17) is 16.6 Å². The predicted octanol–water partition coefficient (Wildman–Crippen LogP) is 1.81. The topological polar surface area (TPSA) is 118 Å². The van der Waals surface area contributed by atoms with Gasteiger partial charge in [-0.1, -0.05) is 6.07 Å². The summed E-state index contributed by atoms with van der Waals surface area (Å²) in [5.41, 5.74) is 12.5. The minimum atomic E-state index is -1.09. The van der Waals surface area contributed by atoms with E-state index in [1.807, 2.05) is 0 Å². The minimum absolute atomic E-state index is 0.0504. The van der Waals surface area contributed by atoms with Crippen molar-refractivity contribution in [2.45, 2.75) is 0 Å². The molecule has 6 heteroatoms. The van der Waals surface area contributed by atoms with E-state index >= 15 is 0 Å². The number of carbonyl (C=O) groups is 2. The van der Waals surface area contributed by atoms with E-state index in [0.717, 1.165) is 0 Å². The highest BCUT2D eigenvalue weighted by Gasteiger charge is 2.11. The van der Waals surface area contributed by atoms with Crippen molar-refractivity contribution < 1.29 is 14.7 Å². The molecule has 20 heavy (non-hydrogen) atoms. The van der Waals surface area contributed by atoms with Gasteiger partial charge < -0.3 is 21.9 Å². The average molecular weight is 271 g/mol. The molecule has 2 aromatic rings. The Labute approximate surface area is 115 Å². The summed E-state index contributed by atoms with van der Waals surface area (Å²) < 4.78 is 0. The fraction of sp³-hybridized carbons (Fsp3) is 0. The molecule has 0 radical (unpaired) electrons. The molecule has 0 aliphatic heterocycles. The zero-order valence-electron chi connectivity index (χ0n) is 10.5. The van der Waals surface area contributed by atoms with Gasteiger partial charge in [0.25, 0.3) is 0 Å².